The van der Waals surface area contributed by atoms with Gasteiger partial charge >= 0.3 is 34.5 Å². The molecule has 19 heavy (non-hydrogen) atoms. The Morgan fingerprint density at radius 3 is 2.53 bits per heavy atom. The van der Waals surface area contributed by atoms with Crippen LogP contribution in [0.15, 0.2) is 30.5 Å². The Morgan fingerprint density at radius 2 is 2.00 bits per heavy atom. The molecule has 0 atom stereocenters. The second kappa shape index (κ2) is 7.54. The van der Waals surface area contributed by atoms with Crippen molar-refractivity contribution < 1.29 is 14.8 Å². The molecule has 2 heterocycles. The molecule has 0 unspecified atom stereocenters. The SMILES string of the molecule is Cc1c[c-]n(-c2ccccn2)c1CC(C)(C)C.[Zn+][I]. The number of pyridine rings is 1. The molecule has 0 radical (unpaired) electrons. The number of hydrogen-bond acceptors (Lipinski definition) is 1. The summed E-state index contributed by atoms with van der Waals surface area (Å²) in [7, 11) is 0. The molecule has 0 fully saturated rings. The van der Waals surface area contributed by atoms with E-state index >= 15 is 0 Å². The predicted octanol–water partition coefficient (Wildman–Crippen LogP) is 4.45. The fourth-order valence-corrected chi connectivity index (χ4v) is 1.91. The molecular weight excluding hydrogens is 400 g/mol. The first-order valence-electron chi connectivity index (χ1n) is 6.24. The van der Waals surface area contributed by atoms with E-state index in [1.165, 1.54) is 26.0 Å². The van der Waals surface area contributed by atoms with Crippen molar-refractivity contribution in [1.29, 1.82) is 0 Å². The average Bonchev–Trinajstić information content (AvgIpc) is 2.73. The van der Waals surface area contributed by atoms with Gasteiger partial charge in [0.15, 0.2) is 0 Å². The van der Waals surface area contributed by atoms with Crippen LogP contribution in [0, 0.1) is 18.5 Å². The average molecular weight is 420 g/mol. The van der Waals surface area contributed by atoms with Crippen LogP contribution in [0.2, 0.25) is 0 Å². The maximum absolute atomic E-state index is 4.38. The molecule has 2 nitrogen and oxygen atoms in total. The molecule has 0 aliphatic rings. The summed E-state index contributed by atoms with van der Waals surface area (Å²) in [5.41, 5.74) is 2.85. The molecule has 4 heteroatoms. The summed E-state index contributed by atoms with van der Waals surface area (Å²) in [6.07, 6.45) is 6.11. The van der Waals surface area contributed by atoms with Crippen LogP contribution in [0.25, 0.3) is 5.82 Å². The summed E-state index contributed by atoms with van der Waals surface area (Å²) in [6.45, 7) is 8.89. The van der Waals surface area contributed by atoms with Gasteiger partial charge in [-0.1, -0.05) is 58.1 Å². The van der Waals surface area contributed by atoms with Crippen LogP contribution in [-0.4, -0.2) is 9.55 Å². The summed E-state index contributed by atoms with van der Waals surface area (Å²) in [5, 5.41) is 0. The standard InChI is InChI=1S/C15H19N2.HI.Zn/c1-12-8-10-17(13(12)11-15(2,3)4)14-7-5-6-9-16-14;;/h5-9H,11H2,1-4H3;1H;/q-1;;+2/p-1. The van der Waals surface area contributed by atoms with E-state index in [-0.39, 0.29) is 5.41 Å². The predicted molar refractivity (Wildman–Crippen MR) is 84.3 cm³/mol. The number of hydrogen-bond donors (Lipinski definition) is 0. The molecule has 0 bridgehead atoms. The van der Waals surface area contributed by atoms with E-state index in [1.54, 1.807) is 0 Å². The summed E-state index contributed by atoms with van der Waals surface area (Å²) < 4.78 is 2.07. The van der Waals surface area contributed by atoms with Crippen molar-refractivity contribution >= 4 is 19.8 Å². The quantitative estimate of drug-likeness (QED) is 0.399. The zero-order valence-corrected chi connectivity index (χ0v) is 17.2. The van der Waals surface area contributed by atoms with Crippen molar-refractivity contribution in [3.05, 3.63) is 47.9 Å². The van der Waals surface area contributed by atoms with Gasteiger partial charge in [0.1, 0.15) is 0 Å². The van der Waals surface area contributed by atoms with Crippen molar-refractivity contribution in [3.63, 3.8) is 0 Å². The Balaban J connectivity index is 0.000000861. The van der Waals surface area contributed by atoms with Crippen LogP contribution in [0.1, 0.15) is 32.0 Å². The van der Waals surface area contributed by atoms with E-state index < -0.39 is 0 Å². The number of aryl methyl sites for hydroxylation is 1. The molecule has 0 amide bonds. The first-order valence-corrected chi connectivity index (χ1v) is 15.3. The van der Waals surface area contributed by atoms with Crippen LogP contribution in [0.4, 0.5) is 0 Å². The van der Waals surface area contributed by atoms with Crippen LogP contribution in [0.5, 0.6) is 0 Å². The fourth-order valence-electron chi connectivity index (χ4n) is 1.91. The molecule has 0 aromatic carbocycles. The van der Waals surface area contributed by atoms with Crippen LogP contribution in [-0.2, 0) is 21.2 Å². The van der Waals surface area contributed by atoms with E-state index in [2.05, 4.69) is 63.2 Å². The van der Waals surface area contributed by atoms with Crippen LogP contribution in [0.3, 0.4) is 0 Å². The summed E-state index contributed by atoms with van der Waals surface area (Å²) in [4.78, 5) is 4.38. The monoisotopic (exact) mass is 418 g/mol. The van der Waals surface area contributed by atoms with Gasteiger partial charge in [-0.3, -0.25) is 4.98 Å². The topological polar surface area (TPSA) is 17.8 Å². The van der Waals surface area contributed by atoms with Crippen molar-refractivity contribution in [3.8, 4) is 5.82 Å². The molecule has 0 spiro atoms. The van der Waals surface area contributed by atoms with E-state index in [9.17, 15) is 0 Å². The minimum atomic E-state index is 0.267. The molecule has 2 rings (SSSR count). The van der Waals surface area contributed by atoms with Crippen molar-refractivity contribution in [2.45, 2.75) is 34.1 Å². The van der Waals surface area contributed by atoms with Gasteiger partial charge in [0.05, 0.1) is 5.82 Å². The molecule has 98 valence electrons. The van der Waals surface area contributed by atoms with Crippen LogP contribution >= 0.6 is 19.8 Å². The number of aromatic nitrogens is 2. The summed E-state index contributed by atoms with van der Waals surface area (Å²) in [5.74, 6) is 0.944. The van der Waals surface area contributed by atoms with Crippen LogP contribution < -0.4 is 0 Å². The van der Waals surface area contributed by atoms with Gasteiger partial charge in [0.2, 0.25) is 0 Å². The summed E-state index contributed by atoms with van der Waals surface area (Å²) in [6, 6.07) is 7.99. The fraction of sp³-hybridized carbons (Fsp3) is 0.400. The first-order chi connectivity index (χ1) is 8.97. The van der Waals surface area contributed by atoms with Gasteiger partial charge in [-0.05, 0) is 11.5 Å². The van der Waals surface area contributed by atoms with E-state index in [0.29, 0.717) is 0 Å². The minimum absolute atomic E-state index is 0.267. The maximum atomic E-state index is 4.38. The van der Waals surface area contributed by atoms with Gasteiger partial charge < -0.3 is 4.57 Å². The third-order valence-electron chi connectivity index (χ3n) is 2.71. The summed E-state index contributed by atoms with van der Waals surface area (Å²) >= 11 is 3.62. The Labute approximate surface area is 136 Å². The van der Waals surface area contributed by atoms with Crippen molar-refractivity contribution in [2.24, 2.45) is 5.41 Å². The van der Waals surface area contributed by atoms with Gasteiger partial charge in [-0.2, -0.15) is 0 Å². The number of halogens is 1. The van der Waals surface area contributed by atoms with Crippen molar-refractivity contribution in [2.75, 3.05) is 0 Å². The Kier molecular flexibility index (Phi) is 6.68. The molecule has 0 N–H and O–H groups in total. The molecule has 2 aromatic heterocycles. The van der Waals surface area contributed by atoms with Gasteiger partial charge in [0.25, 0.3) is 0 Å². The zero-order chi connectivity index (χ0) is 14.5. The van der Waals surface area contributed by atoms with E-state index in [0.717, 1.165) is 12.2 Å². The van der Waals surface area contributed by atoms with Gasteiger partial charge in [-0.15, -0.1) is 11.6 Å². The number of nitrogens with zero attached hydrogens (tertiary/aromatic N) is 2. The third-order valence-corrected chi connectivity index (χ3v) is 2.71. The molecule has 0 saturated carbocycles. The second-order valence-corrected chi connectivity index (χ2v) is 5.66. The normalized spacial score (nSPS) is 10.9. The Bertz CT molecular complexity index is 501. The Morgan fingerprint density at radius 1 is 1.32 bits per heavy atom. The molecular formula is C15H19IN2Zn. The first kappa shape index (κ1) is 16.8. The molecule has 0 aliphatic carbocycles. The number of rotatable bonds is 2. The molecule has 0 saturated heterocycles. The second-order valence-electron chi connectivity index (χ2n) is 5.66. The molecule has 0 aliphatic heterocycles. The van der Waals surface area contributed by atoms with E-state index in [1.807, 2.05) is 30.5 Å². The van der Waals surface area contributed by atoms with Gasteiger partial charge in [0, 0.05) is 6.20 Å². The van der Waals surface area contributed by atoms with E-state index in [4.69, 9.17) is 0 Å². The zero-order valence-electron chi connectivity index (χ0n) is 12.1. The molecule has 2 aromatic rings. The van der Waals surface area contributed by atoms with Gasteiger partial charge in [-0.25, -0.2) is 0 Å². The van der Waals surface area contributed by atoms with Crippen molar-refractivity contribution in [1.82, 2.24) is 9.55 Å². The Hall–Kier alpha value is -0.217. The third kappa shape index (κ3) is 4.99.